The minimum atomic E-state index is -0.0228. The summed E-state index contributed by atoms with van der Waals surface area (Å²) in [7, 11) is 0. The molecule has 0 saturated carbocycles. The van der Waals surface area contributed by atoms with Gasteiger partial charge in [-0.3, -0.25) is 4.79 Å². The molecule has 0 aliphatic carbocycles. The molecule has 1 atom stereocenters. The second-order valence-electron chi connectivity index (χ2n) is 6.02. The van der Waals surface area contributed by atoms with Gasteiger partial charge in [0.15, 0.2) is 0 Å². The number of nitrogens with zero attached hydrogens (tertiary/aromatic N) is 1. The molecule has 1 saturated heterocycles. The number of likely N-dealkylation sites (tertiary alicyclic amines) is 1. The number of piperidine rings is 1. The Morgan fingerprint density at radius 3 is 2.30 bits per heavy atom. The number of rotatable bonds is 5. The molecule has 0 unspecified atom stereocenters. The molecule has 110 valence electrons. The molecule has 0 radical (unpaired) electrons. The average molecular weight is 294 g/mol. The first-order valence-corrected chi connectivity index (χ1v) is 7.97. The first-order chi connectivity index (χ1) is 9.58. The van der Waals surface area contributed by atoms with Gasteiger partial charge in [-0.05, 0) is 43.6 Å². The summed E-state index contributed by atoms with van der Waals surface area (Å²) < 4.78 is 0. The summed E-state index contributed by atoms with van der Waals surface area (Å²) in [5.41, 5.74) is 1.10. The van der Waals surface area contributed by atoms with E-state index < -0.39 is 0 Å². The van der Waals surface area contributed by atoms with Crippen molar-refractivity contribution in [2.75, 3.05) is 19.6 Å². The Morgan fingerprint density at radius 1 is 1.15 bits per heavy atom. The van der Waals surface area contributed by atoms with Gasteiger partial charge in [-0.25, -0.2) is 0 Å². The Labute approximate surface area is 127 Å². The predicted molar refractivity (Wildman–Crippen MR) is 84.3 cm³/mol. The van der Waals surface area contributed by atoms with Crippen LogP contribution in [0.1, 0.15) is 44.6 Å². The van der Waals surface area contributed by atoms with Gasteiger partial charge in [0.05, 0.1) is 5.92 Å². The van der Waals surface area contributed by atoms with Crippen LogP contribution in [0.15, 0.2) is 24.3 Å². The summed E-state index contributed by atoms with van der Waals surface area (Å²) in [4.78, 5) is 15.0. The van der Waals surface area contributed by atoms with Crippen molar-refractivity contribution in [1.82, 2.24) is 4.90 Å². The maximum atomic E-state index is 12.5. The number of benzene rings is 1. The molecule has 1 aromatic carbocycles. The summed E-state index contributed by atoms with van der Waals surface area (Å²) in [6.45, 7) is 7.06. The molecule has 0 bridgehead atoms. The number of halogens is 1. The van der Waals surface area contributed by atoms with Crippen LogP contribution in [0.2, 0.25) is 5.02 Å². The third-order valence-corrected chi connectivity index (χ3v) is 4.33. The molecular formula is C17H24ClNO. The molecule has 20 heavy (non-hydrogen) atoms. The van der Waals surface area contributed by atoms with Gasteiger partial charge >= 0.3 is 0 Å². The summed E-state index contributed by atoms with van der Waals surface area (Å²) in [5.74, 6) is 0.378. The highest BCUT2D eigenvalue weighted by Crippen LogP contribution is 2.25. The lowest BCUT2D eigenvalue weighted by molar-refractivity contribution is -0.123. The largest absolute Gasteiger partial charge is 0.302 e. The normalized spacial score (nSPS) is 18.2. The molecule has 2 rings (SSSR count). The van der Waals surface area contributed by atoms with E-state index in [0.29, 0.717) is 5.78 Å². The van der Waals surface area contributed by atoms with E-state index in [1.807, 2.05) is 38.1 Å². The summed E-state index contributed by atoms with van der Waals surface area (Å²) in [5, 5.41) is 0.725. The quantitative estimate of drug-likeness (QED) is 0.813. The molecule has 3 heteroatoms. The molecule has 1 aliphatic rings. The number of hydrogen-bond acceptors (Lipinski definition) is 2. The van der Waals surface area contributed by atoms with Crippen molar-refractivity contribution in [1.29, 1.82) is 0 Å². The predicted octanol–water partition coefficient (Wildman–Crippen LogP) is 4.13. The lowest BCUT2D eigenvalue weighted by Gasteiger charge is -2.30. The maximum absolute atomic E-state index is 12.5. The van der Waals surface area contributed by atoms with Gasteiger partial charge in [-0.1, -0.05) is 44.0 Å². The standard InChI is InChI=1S/C17H24ClNO/c1-13(2)17(20)16(12-19-10-4-3-5-11-19)14-6-8-15(18)9-7-14/h6-9,13,16H,3-5,10-12H2,1-2H3/t16-/m1/s1. The van der Waals surface area contributed by atoms with E-state index >= 15 is 0 Å². The number of ketones is 1. The van der Waals surface area contributed by atoms with Gasteiger partial charge in [0.1, 0.15) is 5.78 Å². The van der Waals surface area contributed by atoms with Crippen LogP contribution in [-0.4, -0.2) is 30.3 Å². The van der Waals surface area contributed by atoms with Gasteiger partial charge in [0.25, 0.3) is 0 Å². The first kappa shape index (κ1) is 15.5. The molecule has 2 nitrogen and oxygen atoms in total. The fourth-order valence-corrected chi connectivity index (χ4v) is 2.98. The number of hydrogen-bond donors (Lipinski definition) is 0. The van der Waals surface area contributed by atoms with Crippen molar-refractivity contribution in [3.63, 3.8) is 0 Å². The van der Waals surface area contributed by atoms with E-state index in [1.165, 1.54) is 19.3 Å². The minimum Gasteiger partial charge on any atom is -0.302 e. The highest BCUT2D eigenvalue weighted by atomic mass is 35.5. The fourth-order valence-electron chi connectivity index (χ4n) is 2.86. The maximum Gasteiger partial charge on any atom is 0.144 e. The lowest BCUT2D eigenvalue weighted by atomic mass is 9.88. The smallest absolute Gasteiger partial charge is 0.144 e. The Kier molecular flexibility index (Phi) is 5.62. The Bertz CT molecular complexity index is 435. The monoisotopic (exact) mass is 293 g/mol. The van der Waals surface area contributed by atoms with Crippen molar-refractivity contribution in [3.8, 4) is 0 Å². The van der Waals surface area contributed by atoms with Crippen molar-refractivity contribution in [2.24, 2.45) is 5.92 Å². The molecule has 0 spiro atoms. The van der Waals surface area contributed by atoms with Crippen molar-refractivity contribution in [3.05, 3.63) is 34.9 Å². The van der Waals surface area contributed by atoms with Gasteiger partial charge in [-0.2, -0.15) is 0 Å². The van der Waals surface area contributed by atoms with Crippen molar-refractivity contribution >= 4 is 17.4 Å². The summed E-state index contributed by atoms with van der Waals surface area (Å²) in [6, 6.07) is 7.76. The zero-order valence-corrected chi connectivity index (χ0v) is 13.2. The van der Waals surface area contributed by atoms with Crippen LogP contribution in [0.3, 0.4) is 0 Å². The molecule has 1 aromatic rings. The SMILES string of the molecule is CC(C)C(=O)[C@H](CN1CCCCC1)c1ccc(Cl)cc1. The van der Waals surface area contributed by atoms with Gasteiger partial charge < -0.3 is 4.90 Å². The van der Waals surface area contributed by atoms with Crippen LogP contribution >= 0.6 is 11.6 Å². The Hall–Kier alpha value is -0.860. The zero-order chi connectivity index (χ0) is 14.5. The molecule has 0 N–H and O–H groups in total. The van der Waals surface area contributed by atoms with E-state index in [-0.39, 0.29) is 11.8 Å². The van der Waals surface area contributed by atoms with Crippen LogP contribution in [0.5, 0.6) is 0 Å². The van der Waals surface area contributed by atoms with E-state index in [2.05, 4.69) is 4.90 Å². The van der Waals surface area contributed by atoms with E-state index in [4.69, 9.17) is 11.6 Å². The van der Waals surface area contributed by atoms with Gasteiger partial charge in [-0.15, -0.1) is 0 Å². The summed E-state index contributed by atoms with van der Waals surface area (Å²) >= 11 is 5.96. The van der Waals surface area contributed by atoms with E-state index in [9.17, 15) is 4.79 Å². The second kappa shape index (κ2) is 7.24. The minimum absolute atomic E-state index is 0.0228. The van der Waals surface area contributed by atoms with E-state index in [0.717, 1.165) is 30.2 Å². The second-order valence-corrected chi connectivity index (χ2v) is 6.46. The van der Waals surface area contributed by atoms with Crippen molar-refractivity contribution in [2.45, 2.75) is 39.0 Å². The first-order valence-electron chi connectivity index (χ1n) is 7.59. The van der Waals surface area contributed by atoms with Crippen LogP contribution in [0.25, 0.3) is 0 Å². The molecule has 1 aliphatic heterocycles. The third kappa shape index (κ3) is 4.07. The lowest BCUT2D eigenvalue weighted by Crippen LogP contribution is -2.36. The Morgan fingerprint density at radius 2 is 1.75 bits per heavy atom. The fraction of sp³-hybridized carbons (Fsp3) is 0.588. The van der Waals surface area contributed by atoms with Gasteiger partial charge in [0, 0.05) is 17.5 Å². The highest BCUT2D eigenvalue weighted by Gasteiger charge is 2.26. The molecular weight excluding hydrogens is 270 g/mol. The third-order valence-electron chi connectivity index (χ3n) is 4.07. The molecule has 0 amide bonds. The van der Waals surface area contributed by atoms with Crippen LogP contribution in [0, 0.1) is 5.92 Å². The highest BCUT2D eigenvalue weighted by molar-refractivity contribution is 6.30. The topological polar surface area (TPSA) is 20.3 Å². The van der Waals surface area contributed by atoms with Gasteiger partial charge in [0.2, 0.25) is 0 Å². The summed E-state index contributed by atoms with van der Waals surface area (Å²) in [6.07, 6.45) is 3.83. The average Bonchev–Trinajstić information content (AvgIpc) is 2.46. The van der Waals surface area contributed by atoms with E-state index in [1.54, 1.807) is 0 Å². The van der Waals surface area contributed by atoms with Crippen molar-refractivity contribution < 1.29 is 4.79 Å². The number of carbonyl (C=O) groups excluding carboxylic acids is 1. The molecule has 1 heterocycles. The molecule has 0 aromatic heterocycles. The van der Waals surface area contributed by atoms with Crippen LogP contribution < -0.4 is 0 Å². The zero-order valence-electron chi connectivity index (χ0n) is 12.4. The number of carbonyl (C=O) groups is 1. The van der Waals surface area contributed by atoms with Crippen LogP contribution in [-0.2, 0) is 4.79 Å². The van der Waals surface area contributed by atoms with Crippen LogP contribution in [0.4, 0.5) is 0 Å². The molecule has 1 fully saturated rings. The number of Topliss-reactive ketones (excluding diaryl/α,β-unsaturated/α-hetero) is 1. The Balaban J connectivity index is 2.15.